The van der Waals surface area contributed by atoms with Crippen molar-refractivity contribution in [3.63, 3.8) is 0 Å². The molecule has 0 spiro atoms. The van der Waals surface area contributed by atoms with E-state index in [9.17, 15) is 0 Å². The van der Waals surface area contributed by atoms with Crippen molar-refractivity contribution in [3.8, 4) is 17.2 Å². The molecule has 0 radical (unpaired) electrons. The highest BCUT2D eigenvalue weighted by Crippen LogP contribution is 2.52. The van der Waals surface area contributed by atoms with Crippen LogP contribution in [0.1, 0.15) is 142 Å². The summed E-state index contributed by atoms with van der Waals surface area (Å²) in [7, 11) is -1.89. The summed E-state index contributed by atoms with van der Waals surface area (Å²) < 4.78 is 21.2. The number of hydrogen-bond donors (Lipinski definition) is 0. The zero-order chi connectivity index (χ0) is 33.3. The molecule has 0 unspecified atom stereocenters. The minimum atomic E-state index is -1.89. The molecule has 0 N–H and O–H groups in total. The molecule has 3 rings (SSSR count). The van der Waals surface area contributed by atoms with Crippen molar-refractivity contribution < 1.29 is 13.6 Å². The van der Waals surface area contributed by atoms with Crippen LogP contribution < -0.4 is 13.6 Å². The Hall–Kier alpha value is -2.51. The van der Waals surface area contributed by atoms with E-state index in [1.807, 2.05) is 6.07 Å². The molecular weight excluding hydrogens is 559 g/mol. The fourth-order valence-electron chi connectivity index (χ4n) is 5.42. The first kappa shape index (κ1) is 36.0. The molecule has 44 heavy (non-hydrogen) atoms. The van der Waals surface area contributed by atoms with Crippen molar-refractivity contribution in [2.75, 3.05) is 0 Å². The largest absolute Gasteiger partial charge is 0.530 e. The Labute approximate surface area is 271 Å². The van der Waals surface area contributed by atoms with Gasteiger partial charge in [0.2, 0.25) is 0 Å². The number of rotatable bonds is 9. The van der Waals surface area contributed by atoms with Crippen molar-refractivity contribution in [2.24, 2.45) is 0 Å². The highest BCUT2D eigenvalue weighted by atomic mass is 31.2. The molecular formula is C40H59O3P. The fraction of sp³-hybridized carbons (Fsp3) is 0.550. The Bertz CT molecular complexity index is 1270. The lowest BCUT2D eigenvalue weighted by atomic mass is 9.78. The topological polar surface area (TPSA) is 27.7 Å². The summed E-state index contributed by atoms with van der Waals surface area (Å²) in [5.74, 6) is 2.57. The van der Waals surface area contributed by atoms with Crippen LogP contribution in [-0.4, -0.2) is 0 Å². The first-order chi connectivity index (χ1) is 20.1. The predicted octanol–water partition coefficient (Wildman–Crippen LogP) is 12.6. The maximum Gasteiger partial charge on any atom is 0.530 e. The second-order valence-electron chi connectivity index (χ2n) is 16.6. The van der Waals surface area contributed by atoms with E-state index in [1.165, 1.54) is 16.7 Å². The fourth-order valence-corrected chi connectivity index (χ4v) is 6.57. The molecule has 0 fully saturated rings. The summed E-state index contributed by atoms with van der Waals surface area (Å²) in [5, 5.41) is 0. The van der Waals surface area contributed by atoms with Crippen molar-refractivity contribution in [3.05, 3.63) is 87.5 Å². The normalized spacial score (nSPS) is 12.9. The lowest BCUT2D eigenvalue weighted by Gasteiger charge is -2.33. The third-order valence-electron chi connectivity index (χ3n) is 7.98. The quantitative estimate of drug-likeness (QED) is 0.223. The second kappa shape index (κ2) is 13.5. The molecule has 4 heteroatoms. The zero-order valence-electron chi connectivity index (χ0n) is 30.4. The van der Waals surface area contributed by atoms with E-state index >= 15 is 0 Å². The lowest BCUT2D eigenvalue weighted by molar-refractivity contribution is 0.364. The summed E-state index contributed by atoms with van der Waals surface area (Å²) in [6.45, 7) is 33.6. The third kappa shape index (κ3) is 9.03. The van der Waals surface area contributed by atoms with Crippen LogP contribution in [0.3, 0.4) is 0 Å². The second-order valence-corrected chi connectivity index (χ2v) is 17.6. The Morgan fingerprint density at radius 3 is 1.25 bits per heavy atom. The Morgan fingerprint density at radius 2 is 0.909 bits per heavy atom. The van der Waals surface area contributed by atoms with Gasteiger partial charge in [-0.15, -0.1) is 0 Å². The number of hydrogen-bond acceptors (Lipinski definition) is 3. The first-order valence-electron chi connectivity index (χ1n) is 16.4. The zero-order valence-corrected chi connectivity index (χ0v) is 31.3. The SMILES string of the molecule is CCCCc1ccccc1OP(Oc1c(C(C)(C)C)cc(C)cc1C(C)(C)C)Oc1c(C(C)(C)C)cc(C)cc1C(C)(C)C. The molecule has 0 aliphatic carbocycles. The standard InChI is InChI=1S/C40H59O3P/c1-16-17-20-29-21-18-19-22-34(29)41-44(42-35-30(37(4,5)6)23-27(2)24-31(35)38(7,8)9)43-36-32(39(10,11)12)25-28(3)26-33(36)40(13,14)15/h18-19,21-26H,16-17,20H2,1-15H3. The van der Waals surface area contributed by atoms with E-state index < -0.39 is 8.60 Å². The number of unbranched alkanes of at least 4 members (excludes halogenated alkanes) is 1. The van der Waals surface area contributed by atoms with Gasteiger partial charge < -0.3 is 13.6 Å². The van der Waals surface area contributed by atoms with Gasteiger partial charge in [0.25, 0.3) is 0 Å². The van der Waals surface area contributed by atoms with Gasteiger partial charge in [0, 0.05) is 22.3 Å². The maximum absolute atomic E-state index is 7.14. The van der Waals surface area contributed by atoms with Gasteiger partial charge in [-0.25, -0.2) is 0 Å². The van der Waals surface area contributed by atoms with Crippen LogP contribution in [0.25, 0.3) is 0 Å². The van der Waals surface area contributed by atoms with Gasteiger partial charge in [-0.1, -0.05) is 150 Å². The summed E-state index contributed by atoms with van der Waals surface area (Å²) in [6.07, 6.45) is 3.17. The van der Waals surface area contributed by atoms with Crippen molar-refractivity contribution in [2.45, 2.75) is 145 Å². The number of aryl methyl sites for hydroxylation is 3. The lowest BCUT2D eigenvalue weighted by Crippen LogP contribution is -2.22. The van der Waals surface area contributed by atoms with Gasteiger partial charge in [0.1, 0.15) is 17.2 Å². The van der Waals surface area contributed by atoms with Crippen LogP contribution >= 0.6 is 8.60 Å². The molecule has 0 aliphatic heterocycles. The Balaban J connectivity index is 2.32. The molecule has 0 saturated carbocycles. The minimum absolute atomic E-state index is 0.140. The van der Waals surface area contributed by atoms with E-state index in [0.717, 1.165) is 58.8 Å². The monoisotopic (exact) mass is 618 g/mol. The van der Waals surface area contributed by atoms with Gasteiger partial charge in [0.05, 0.1) is 0 Å². The first-order valence-corrected chi connectivity index (χ1v) is 17.5. The molecule has 0 aromatic heterocycles. The van der Waals surface area contributed by atoms with E-state index in [-0.39, 0.29) is 21.7 Å². The molecule has 0 heterocycles. The summed E-state index contributed by atoms with van der Waals surface area (Å²) >= 11 is 0. The molecule has 0 saturated heterocycles. The maximum atomic E-state index is 7.14. The van der Waals surface area contributed by atoms with Crippen LogP contribution in [0, 0.1) is 13.8 Å². The summed E-state index contributed by atoms with van der Waals surface area (Å²) in [5.41, 5.74) is 7.73. The van der Waals surface area contributed by atoms with Crippen LogP contribution in [0.2, 0.25) is 0 Å². The number of benzene rings is 3. The van der Waals surface area contributed by atoms with Crippen molar-refractivity contribution >= 4 is 8.60 Å². The molecule has 3 aromatic carbocycles. The molecule has 242 valence electrons. The van der Waals surface area contributed by atoms with E-state index in [2.05, 4.69) is 146 Å². The average molecular weight is 619 g/mol. The molecule has 3 nitrogen and oxygen atoms in total. The average Bonchev–Trinajstić information content (AvgIpc) is 2.87. The molecule has 3 aromatic rings. The van der Waals surface area contributed by atoms with Crippen LogP contribution in [0.15, 0.2) is 48.5 Å². The van der Waals surface area contributed by atoms with Crippen LogP contribution in [-0.2, 0) is 28.1 Å². The molecule has 0 atom stereocenters. The van der Waals surface area contributed by atoms with E-state index in [4.69, 9.17) is 13.6 Å². The van der Waals surface area contributed by atoms with Gasteiger partial charge in [-0.3, -0.25) is 0 Å². The number of para-hydroxylation sites is 1. The van der Waals surface area contributed by atoms with Crippen LogP contribution in [0.5, 0.6) is 17.2 Å². The van der Waals surface area contributed by atoms with Gasteiger partial charge >= 0.3 is 8.60 Å². The predicted molar refractivity (Wildman–Crippen MR) is 191 cm³/mol. The van der Waals surface area contributed by atoms with Crippen molar-refractivity contribution in [1.29, 1.82) is 0 Å². The van der Waals surface area contributed by atoms with Gasteiger partial charge in [-0.05, 0) is 60.0 Å². The summed E-state index contributed by atoms with van der Waals surface area (Å²) in [4.78, 5) is 0. The third-order valence-corrected chi connectivity index (χ3v) is 8.98. The Kier molecular flexibility index (Phi) is 11.0. The van der Waals surface area contributed by atoms with E-state index in [0.29, 0.717) is 0 Å². The minimum Gasteiger partial charge on any atom is -0.408 e. The molecule has 0 bridgehead atoms. The van der Waals surface area contributed by atoms with Crippen LogP contribution in [0.4, 0.5) is 0 Å². The Morgan fingerprint density at radius 1 is 0.545 bits per heavy atom. The van der Waals surface area contributed by atoms with E-state index in [1.54, 1.807) is 0 Å². The van der Waals surface area contributed by atoms with Crippen molar-refractivity contribution in [1.82, 2.24) is 0 Å². The smallest absolute Gasteiger partial charge is 0.408 e. The molecule has 0 amide bonds. The highest BCUT2D eigenvalue weighted by Gasteiger charge is 2.35. The van der Waals surface area contributed by atoms with Gasteiger partial charge in [-0.2, -0.15) is 0 Å². The summed E-state index contributed by atoms with van der Waals surface area (Å²) in [6, 6.07) is 17.4. The van der Waals surface area contributed by atoms with Gasteiger partial charge in [0.15, 0.2) is 0 Å². The molecule has 0 aliphatic rings. The highest BCUT2D eigenvalue weighted by molar-refractivity contribution is 7.43.